The number of carbonyl (C=O) groups is 5. The van der Waals surface area contributed by atoms with E-state index in [2.05, 4.69) is 5.32 Å². The summed E-state index contributed by atoms with van der Waals surface area (Å²) in [5.74, 6) is -4.01. The number of esters is 4. The third-order valence-corrected chi connectivity index (χ3v) is 3.66. The van der Waals surface area contributed by atoms with Gasteiger partial charge in [-0.25, -0.2) is 0 Å². The van der Waals surface area contributed by atoms with Crippen molar-refractivity contribution in [3.63, 3.8) is 0 Å². The fourth-order valence-electron chi connectivity index (χ4n) is 2.54. The van der Waals surface area contributed by atoms with Crippen LogP contribution in [0.15, 0.2) is 0 Å². The van der Waals surface area contributed by atoms with Crippen molar-refractivity contribution in [1.29, 1.82) is 0 Å². The zero-order chi connectivity index (χ0) is 21.4. The van der Waals surface area contributed by atoms with Gasteiger partial charge >= 0.3 is 23.9 Å². The number of ether oxygens (including phenoxy) is 5. The molecule has 0 aromatic carbocycles. The minimum atomic E-state index is -1.36. The third kappa shape index (κ3) is 7.31. The lowest BCUT2D eigenvalue weighted by Gasteiger charge is -2.44. The van der Waals surface area contributed by atoms with Crippen LogP contribution in [0.3, 0.4) is 0 Å². The van der Waals surface area contributed by atoms with E-state index in [9.17, 15) is 24.0 Å². The Balaban J connectivity index is 3.30. The average Bonchev–Trinajstić information content (AvgIpc) is 2.57. The van der Waals surface area contributed by atoms with Crippen LogP contribution >= 0.6 is 11.6 Å². The Morgan fingerprint density at radius 1 is 0.821 bits per heavy atom. The van der Waals surface area contributed by atoms with E-state index >= 15 is 0 Å². The van der Waals surface area contributed by atoms with Gasteiger partial charge in [0.2, 0.25) is 5.91 Å². The molecule has 1 aliphatic rings. The summed E-state index contributed by atoms with van der Waals surface area (Å²) in [5, 5.41) is 2.38. The molecule has 11 nitrogen and oxygen atoms in total. The van der Waals surface area contributed by atoms with Crippen LogP contribution in [0, 0.1) is 0 Å². The Labute approximate surface area is 165 Å². The molecule has 5 atom stereocenters. The van der Waals surface area contributed by atoms with Gasteiger partial charge in [-0.05, 0) is 0 Å². The first-order valence-corrected chi connectivity index (χ1v) is 8.74. The average molecular weight is 424 g/mol. The lowest BCUT2D eigenvalue weighted by molar-refractivity contribution is -0.256. The molecule has 0 aliphatic carbocycles. The Bertz CT molecular complexity index is 625. The largest absolute Gasteiger partial charge is 0.463 e. The predicted molar refractivity (Wildman–Crippen MR) is 90.8 cm³/mol. The van der Waals surface area contributed by atoms with Crippen molar-refractivity contribution in [3.05, 3.63) is 0 Å². The van der Waals surface area contributed by atoms with Crippen molar-refractivity contribution >= 4 is 41.4 Å². The summed E-state index contributed by atoms with van der Waals surface area (Å²) in [7, 11) is 0. The summed E-state index contributed by atoms with van der Waals surface area (Å²) in [5.41, 5.74) is 0. The van der Waals surface area contributed by atoms with Crippen molar-refractivity contribution in [2.45, 2.75) is 58.3 Å². The van der Waals surface area contributed by atoms with E-state index in [0.29, 0.717) is 0 Å². The quantitative estimate of drug-likeness (QED) is 0.321. The highest BCUT2D eigenvalue weighted by molar-refractivity contribution is 6.27. The molecule has 0 saturated carbocycles. The number of rotatable bonds is 7. The van der Waals surface area contributed by atoms with Gasteiger partial charge in [0.25, 0.3) is 0 Å². The molecule has 12 heteroatoms. The van der Waals surface area contributed by atoms with Gasteiger partial charge in [-0.1, -0.05) is 0 Å². The predicted octanol–water partition coefficient (Wildman–Crippen LogP) is -0.575. The molecule has 0 spiro atoms. The topological polar surface area (TPSA) is 144 Å². The number of nitrogens with one attached hydrogen (secondary N) is 1. The smallest absolute Gasteiger partial charge is 0.303 e. The van der Waals surface area contributed by atoms with Gasteiger partial charge in [-0.2, -0.15) is 0 Å². The van der Waals surface area contributed by atoms with Crippen molar-refractivity contribution < 1.29 is 47.7 Å². The molecule has 28 heavy (non-hydrogen) atoms. The van der Waals surface area contributed by atoms with E-state index in [1.165, 1.54) is 0 Å². The summed E-state index contributed by atoms with van der Waals surface area (Å²) in [6.07, 6.45) is -6.43. The maximum atomic E-state index is 11.7. The highest BCUT2D eigenvalue weighted by Gasteiger charge is 2.52. The second-order valence-electron chi connectivity index (χ2n) is 5.82. The van der Waals surface area contributed by atoms with Gasteiger partial charge in [0, 0.05) is 27.7 Å². The van der Waals surface area contributed by atoms with Gasteiger partial charge in [0.1, 0.15) is 18.6 Å². The number of carbonyl (C=O) groups excluding carboxylic acids is 5. The van der Waals surface area contributed by atoms with E-state index < -0.39 is 66.3 Å². The molecule has 0 aromatic rings. The normalized spacial score (nSPS) is 26.5. The highest BCUT2D eigenvalue weighted by atomic mass is 35.5. The molecule has 1 amide bonds. The van der Waals surface area contributed by atoms with Crippen molar-refractivity contribution in [1.82, 2.24) is 5.32 Å². The fourth-order valence-corrected chi connectivity index (χ4v) is 2.62. The molecule has 5 unspecified atom stereocenters. The summed E-state index contributed by atoms with van der Waals surface area (Å²) >= 11 is 5.48. The van der Waals surface area contributed by atoms with Gasteiger partial charge < -0.3 is 29.0 Å². The van der Waals surface area contributed by atoms with Crippen LogP contribution in [0.2, 0.25) is 0 Å². The van der Waals surface area contributed by atoms with Gasteiger partial charge in [0.15, 0.2) is 24.5 Å². The Kier molecular flexibility index (Phi) is 9.13. The molecule has 0 bridgehead atoms. The first-order chi connectivity index (χ1) is 13.0. The van der Waals surface area contributed by atoms with Crippen LogP contribution in [0.4, 0.5) is 0 Å². The molecule has 1 aliphatic heterocycles. The summed E-state index contributed by atoms with van der Waals surface area (Å²) < 4.78 is 26.1. The number of alkyl halides is 1. The van der Waals surface area contributed by atoms with Crippen LogP contribution in [0.1, 0.15) is 27.7 Å². The molecule has 1 rings (SSSR count). The molecule has 1 heterocycles. The highest BCUT2D eigenvalue weighted by Crippen LogP contribution is 2.28. The fraction of sp³-hybridized carbons (Fsp3) is 0.688. The van der Waals surface area contributed by atoms with E-state index in [4.69, 9.17) is 35.3 Å². The maximum absolute atomic E-state index is 11.7. The molecule has 0 radical (unpaired) electrons. The molecule has 0 aromatic heterocycles. The number of halogens is 1. The summed E-state index contributed by atoms with van der Waals surface area (Å²) in [6, 6.07) is 0. The second kappa shape index (κ2) is 10.8. The monoisotopic (exact) mass is 423 g/mol. The van der Waals surface area contributed by atoms with E-state index in [1.54, 1.807) is 0 Å². The van der Waals surface area contributed by atoms with Gasteiger partial charge in [-0.3, -0.25) is 24.0 Å². The van der Waals surface area contributed by atoms with E-state index in [0.717, 1.165) is 27.7 Å². The lowest BCUT2D eigenvalue weighted by Crippen LogP contribution is -2.66. The lowest BCUT2D eigenvalue weighted by atomic mass is 9.97. The third-order valence-electron chi connectivity index (χ3n) is 3.42. The number of hydrogen-bond acceptors (Lipinski definition) is 10. The second-order valence-corrected chi connectivity index (χ2v) is 6.09. The maximum Gasteiger partial charge on any atom is 0.303 e. The molecule has 158 valence electrons. The summed E-state index contributed by atoms with van der Waals surface area (Å²) in [6.45, 7) is 4.07. The zero-order valence-electron chi connectivity index (χ0n) is 15.8. The van der Waals surface area contributed by atoms with Crippen molar-refractivity contribution in [2.75, 3.05) is 12.5 Å². The van der Waals surface area contributed by atoms with Crippen LogP contribution < -0.4 is 5.32 Å². The standard InChI is InChI=1S/C16H22ClNO10/c1-7(19)24-6-11-13(25-8(2)20)14(26-9(3)21)15(27-10(4)22)16(28-11)18-12(23)5-17/h11,13-16H,5-6H2,1-4H3,(H,18,23). The first kappa shape index (κ1) is 23.6. The van der Waals surface area contributed by atoms with Crippen LogP contribution in [0.5, 0.6) is 0 Å². The van der Waals surface area contributed by atoms with Gasteiger partial charge in [-0.15, -0.1) is 11.6 Å². The van der Waals surface area contributed by atoms with Crippen molar-refractivity contribution in [3.8, 4) is 0 Å². The molecular formula is C16H22ClNO10. The minimum Gasteiger partial charge on any atom is -0.463 e. The SMILES string of the molecule is CC(=O)OCC1OC(NC(=O)CCl)C(OC(C)=O)C(OC(C)=O)C1OC(C)=O. The zero-order valence-corrected chi connectivity index (χ0v) is 16.5. The molecule has 1 N–H and O–H groups in total. The molecular weight excluding hydrogens is 402 g/mol. The summed E-state index contributed by atoms with van der Waals surface area (Å²) in [4.78, 5) is 57.6. The number of amides is 1. The van der Waals surface area contributed by atoms with Crippen molar-refractivity contribution in [2.24, 2.45) is 0 Å². The van der Waals surface area contributed by atoms with E-state index in [-0.39, 0.29) is 6.61 Å². The number of hydrogen-bond donors (Lipinski definition) is 1. The molecule has 1 saturated heterocycles. The Morgan fingerprint density at radius 3 is 1.79 bits per heavy atom. The van der Waals surface area contributed by atoms with Crippen LogP contribution in [-0.4, -0.2) is 72.9 Å². The first-order valence-electron chi connectivity index (χ1n) is 8.21. The minimum absolute atomic E-state index is 0.384. The van der Waals surface area contributed by atoms with Gasteiger partial charge in [0.05, 0.1) is 0 Å². The Hall–Kier alpha value is -2.40. The molecule has 1 fully saturated rings. The van der Waals surface area contributed by atoms with E-state index in [1.807, 2.05) is 0 Å². The van der Waals surface area contributed by atoms with Crippen LogP contribution in [-0.2, 0) is 47.7 Å². The Morgan fingerprint density at radius 2 is 1.32 bits per heavy atom. The van der Waals surface area contributed by atoms with Crippen LogP contribution in [0.25, 0.3) is 0 Å².